The minimum absolute atomic E-state index is 0.0542. The average molecular weight is 324 g/mol. The first-order chi connectivity index (χ1) is 10.1. The largest absolute Gasteiger partial charge is 0.243 e. The fourth-order valence-corrected chi connectivity index (χ4v) is 4.80. The quantitative estimate of drug-likeness (QED) is 0.834. The van der Waals surface area contributed by atoms with Gasteiger partial charge in [-0.1, -0.05) is 52.2 Å². The highest BCUT2D eigenvalue weighted by Crippen LogP contribution is 2.31. The Labute approximate surface area is 135 Å². The van der Waals surface area contributed by atoms with Gasteiger partial charge in [0.15, 0.2) is 0 Å². The summed E-state index contributed by atoms with van der Waals surface area (Å²) < 4.78 is 27.7. The van der Waals surface area contributed by atoms with Crippen molar-refractivity contribution in [3.05, 3.63) is 29.3 Å². The van der Waals surface area contributed by atoms with Crippen molar-refractivity contribution in [3.63, 3.8) is 0 Å². The molecule has 0 N–H and O–H groups in total. The van der Waals surface area contributed by atoms with E-state index in [0.29, 0.717) is 4.90 Å². The Bertz CT molecular complexity index is 623. The first-order valence-corrected chi connectivity index (χ1v) is 9.67. The number of rotatable bonds is 3. The van der Waals surface area contributed by atoms with E-state index in [-0.39, 0.29) is 11.5 Å². The van der Waals surface area contributed by atoms with Gasteiger partial charge in [0.25, 0.3) is 0 Å². The summed E-state index contributed by atoms with van der Waals surface area (Å²) in [6.45, 7) is 8.21. The van der Waals surface area contributed by atoms with Crippen LogP contribution in [0.1, 0.15) is 64.0 Å². The van der Waals surface area contributed by atoms with Crippen molar-refractivity contribution in [3.8, 4) is 0 Å². The third-order valence-corrected chi connectivity index (χ3v) is 6.85. The molecule has 0 heterocycles. The van der Waals surface area contributed by atoms with Crippen molar-refractivity contribution in [1.82, 2.24) is 4.31 Å². The molecule has 1 aliphatic carbocycles. The maximum absolute atomic E-state index is 13.1. The average Bonchev–Trinajstić information content (AvgIpc) is 2.46. The van der Waals surface area contributed by atoms with Crippen LogP contribution in [-0.2, 0) is 15.4 Å². The molecule has 0 unspecified atom stereocenters. The molecule has 1 aliphatic rings. The Balaban J connectivity index is 2.40. The van der Waals surface area contributed by atoms with Crippen LogP contribution in [0.4, 0.5) is 0 Å². The molecule has 0 aliphatic heterocycles. The number of aryl methyl sites for hydroxylation is 1. The second-order valence-corrected chi connectivity index (χ2v) is 9.51. The van der Waals surface area contributed by atoms with E-state index >= 15 is 0 Å². The Hall–Kier alpha value is -0.870. The van der Waals surface area contributed by atoms with Gasteiger partial charge in [0.05, 0.1) is 4.90 Å². The van der Waals surface area contributed by atoms with E-state index in [9.17, 15) is 8.42 Å². The predicted octanol–water partition coefficient (Wildman–Crippen LogP) is 4.25. The number of benzene rings is 1. The van der Waals surface area contributed by atoms with Crippen molar-refractivity contribution in [2.45, 2.75) is 76.2 Å². The number of nitrogens with zero attached hydrogens (tertiary/aromatic N) is 1. The van der Waals surface area contributed by atoms with Crippen LogP contribution in [0.3, 0.4) is 0 Å². The maximum Gasteiger partial charge on any atom is 0.243 e. The SMILES string of the molecule is Cc1ccc(C(C)(C)C)cc1S(=O)(=O)N(C)C1CCCCC1. The van der Waals surface area contributed by atoms with Crippen LogP contribution in [0.15, 0.2) is 23.1 Å². The molecule has 1 aromatic carbocycles. The zero-order valence-electron chi connectivity index (χ0n) is 14.5. The third-order valence-electron chi connectivity index (χ3n) is 4.80. The van der Waals surface area contributed by atoms with E-state index in [1.165, 1.54) is 6.42 Å². The van der Waals surface area contributed by atoms with Crippen molar-refractivity contribution in [1.29, 1.82) is 0 Å². The highest BCUT2D eigenvalue weighted by molar-refractivity contribution is 7.89. The van der Waals surface area contributed by atoms with Crippen molar-refractivity contribution < 1.29 is 8.42 Å². The van der Waals surface area contributed by atoms with Crippen LogP contribution in [0.2, 0.25) is 0 Å². The van der Waals surface area contributed by atoms with Gasteiger partial charge < -0.3 is 0 Å². The fraction of sp³-hybridized carbons (Fsp3) is 0.667. The first kappa shape index (κ1) is 17.5. The Morgan fingerprint density at radius 1 is 1.09 bits per heavy atom. The molecule has 0 atom stereocenters. The molecule has 4 heteroatoms. The van der Waals surface area contributed by atoms with Crippen molar-refractivity contribution in [2.24, 2.45) is 0 Å². The van der Waals surface area contributed by atoms with Gasteiger partial charge in [-0.15, -0.1) is 0 Å². The van der Waals surface area contributed by atoms with Crippen molar-refractivity contribution >= 4 is 10.0 Å². The monoisotopic (exact) mass is 323 g/mol. The van der Waals surface area contributed by atoms with Crippen LogP contribution in [0.5, 0.6) is 0 Å². The maximum atomic E-state index is 13.1. The van der Waals surface area contributed by atoms with Crippen LogP contribution in [-0.4, -0.2) is 25.8 Å². The van der Waals surface area contributed by atoms with Gasteiger partial charge in [-0.2, -0.15) is 4.31 Å². The smallest absolute Gasteiger partial charge is 0.207 e. The van der Waals surface area contributed by atoms with Crippen LogP contribution >= 0.6 is 0 Å². The lowest BCUT2D eigenvalue weighted by atomic mass is 9.87. The van der Waals surface area contributed by atoms with Gasteiger partial charge in [0, 0.05) is 13.1 Å². The minimum atomic E-state index is -3.42. The molecule has 124 valence electrons. The molecule has 0 amide bonds. The molecule has 1 fully saturated rings. The number of sulfonamides is 1. The molecular weight excluding hydrogens is 294 g/mol. The van der Waals surface area contributed by atoms with Gasteiger partial charge >= 0.3 is 0 Å². The number of hydrogen-bond acceptors (Lipinski definition) is 2. The van der Waals surface area contributed by atoms with Gasteiger partial charge in [0.2, 0.25) is 10.0 Å². The summed E-state index contributed by atoms with van der Waals surface area (Å²) in [5, 5.41) is 0. The lowest BCUT2D eigenvalue weighted by Gasteiger charge is -2.31. The van der Waals surface area contributed by atoms with E-state index in [1.807, 2.05) is 25.1 Å². The molecule has 0 aromatic heterocycles. The summed E-state index contributed by atoms with van der Waals surface area (Å²) in [4.78, 5) is 0.466. The summed E-state index contributed by atoms with van der Waals surface area (Å²) in [6, 6.07) is 5.98. The third kappa shape index (κ3) is 3.54. The molecule has 1 aromatic rings. The molecule has 0 bridgehead atoms. The lowest BCUT2D eigenvalue weighted by molar-refractivity contribution is 0.285. The summed E-state index contributed by atoms with van der Waals surface area (Å²) in [5.74, 6) is 0. The van der Waals surface area contributed by atoms with E-state index in [4.69, 9.17) is 0 Å². The second kappa shape index (κ2) is 6.32. The standard InChI is InChI=1S/C18H29NO2S/c1-14-11-12-15(18(2,3)4)13-17(14)22(20,21)19(5)16-9-7-6-8-10-16/h11-13,16H,6-10H2,1-5H3. The van der Waals surface area contributed by atoms with Crippen LogP contribution in [0.25, 0.3) is 0 Å². The topological polar surface area (TPSA) is 37.4 Å². The molecule has 3 nitrogen and oxygen atoms in total. The fourth-order valence-electron chi connectivity index (χ4n) is 3.14. The molecule has 2 rings (SSSR count). The van der Waals surface area contributed by atoms with E-state index in [0.717, 1.165) is 36.8 Å². The highest BCUT2D eigenvalue weighted by atomic mass is 32.2. The Kier molecular flexibility index (Phi) is 5.03. The molecule has 0 spiro atoms. The van der Waals surface area contributed by atoms with Gasteiger partial charge in [-0.25, -0.2) is 8.42 Å². The van der Waals surface area contributed by atoms with E-state index in [2.05, 4.69) is 20.8 Å². The predicted molar refractivity (Wildman–Crippen MR) is 91.7 cm³/mol. The molecule has 0 radical (unpaired) electrons. The van der Waals surface area contributed by atoms with Crippen LogP contribution in [0, 0.1) is 6.92 Å². The first-order valence-electron chi connectivity index (χ1n) is 8.23. The molecule has 1 saturated carbocycles. The molecular formula is C18H29NO2S. The zero-order chi connectivity index (χ0) is 16.5. The summed E-state index contributed by atoms with van der Waals surface area (Å²) in [6.07, 6.45) is 5.45. The zero-order valence-corrected chi connectivity index (χ0v) is 15.3. The Morgan fingerprint density at radius 3 is 2.23 bits per heavy atom. The summed E-state index contributed by atoms with van der Waals surface area (Å²) in [5.41, 5.74) is 1.84. The summed E-state index contributed by atoms with van der Waals surface area (Å²) >= 11 is 0. The molecule has 22 heavy (non-hydrogen) atoms. The van der Waals surface area contributed by atoms with E-state index in [1.54, 1.807) is 11.4 Å². The second-order valence-electron chi connectivity index (χ2n) is 7.54. The Morgan fingerprint density at radius 2 is 1.68 bits per heavy atom. The number of hydrogen-bond donors (Lipinski definition) is 0. The molecule has 0 saturated heterocycles. The van der Waals surface area contributed by atoms with Gasteiger partial charge in [-0.3, -0.25) is 0 Å². The van der Waals surface area contributed by atoms with Gasteiger partial charge in [-0.05, 0) is 42.4 Å². The van der Waals surface area contributed by atoms with Crippen molar-refractivity contribution in [2.75, 3.05) is 7.05 Å². The highest BCUT2D eigenvalue weighted by Gasteiger charge is 2.30. The summed E-state index contributed by atoms with van der Waals surface area (Å²) in [7, 11) is -1.67. The van der Waals surface area contributed by atoms with E-state index < -0.39 is 10.0 Å². The van der Waals surface area contributed by atoms with Gasteiger partial charge in [0.1, 0.15) is 0 Å². The lowest BCUT2D eigenvalue weighted by Crippen LogP contribution is -2.38. The van der Waals surface area contributed by atoms with Crippen LogP contribution < -0.4 is 0 Å². The normalized spacial score (nSPS) is 17.9. The minimum Gasteiger partial charge on any atom is -0.207 e.